The van der Waals surface area contributed by atoms with Gasteiger partial charge in [0.25, 0.3) is 0 Å². The van der Waals surface area contributed by atoms with Crippen molar-refractivity contribution in [1.82, 2.24) is 9.80 Å². The van der Waals surface area contributed by atoms with E-state index in [4.69, 9.17) is 0 Å². The molecule has 0 aromatic rings. The minimum atomic E-state index is 0.917. The first kappa shape index (κ1) is 13.4. The van der Waals surface area contributed by atoms with Gasteiger partial charge in [-0.15, -0.1) is 0 Å². The van der Waals surface area contributed by atoms with E-state index < -0.39 is 0 Å². The summed E-state index contributed by atoms with van der Waals surface area (Å²) in [7, 11) is 2.25. The number of nitrogens with zero attached hydrogens (tertiary/aromatic N) is 2. The molecule has 0 radical (unpaired) electrons. The van der Waals surface area contributed by atoms with Gasteiger partial charge < -0.3 is 9.80 Å². The van der Waals surface area contributed by atoms with Crippen LogP contribution in [0.2, 0.25) is 0 Å². The van der Waals surface area contributed by atoms with E-state index in [9.17, 15) is 0 Å². The molecule has 0 N–H and O–H groups in total. The number of hydrogen-bond acceptors (Lipinski definition) is 2. The second-order valence-electron chi connectivity index (χ2n) is 6.44. The molecule has 2 unspecified atom stereocenters. The quantitative estimate of drug-likeness (QED) is 0.746. The molecule has 2 atom stereocenters. The molecule has 0 aromatic carbocycles. The van der Waals surface area contributed by atoms with Gasteiger partial charge in [-0.2, -0.15) is 0 Å². The van der Waals surface area contributed by atoms with Crippen molar-refractivity contribution in [3.8, 4) is 0 Å². The number of hydrogen-bond donors (Lipinski definition) is 0. The Hall–Kier alpha value is -0.0800. The lowest BCUT2D eigenvalue weighted by molar-refractivity contribution is 0.0928. The molecule has 0 bridgehead atoms. The first-order chi connectivity index (χ1) is 8.19. The maximum absolute atomic E-state index is 2.74. The predicted octanol–water partition coefficient (Wildman–Crippen LogP) is 2.70. The van der Waals surface area contributed by atoms with Gasteiger partial charge in [0, 0.05) is 13.1 Å². The molecule has 2 heteroatoms. The fraction of sp³-hybridized carbons (Fsp3) is 1.00. The van der Waals surface area contributed by atoms with Crippen molar-refractivity contribution >= 4 is 0 Å². The molecule has 2 heterocycles. The van der Waals surface area contributed by atoms with Crippen LogP contribution in [0.4, 0.5) is 0 Å². The van der Waals surface area contributed by atoms with Crippen LogP contribution < -0.4 is 0 Å². The zero-order valence-corrected chi connectivity index (χ0v) is 12.0. The van der Waals surface area contributed by atoms with E-state index in [1.165, 1.54) is 58.4 Å². The van der Waals surface area contributed by atoms with Gasteiger partial charge in [0.15, 0.2) is 0 Å². The second kappa shape index (κ2) is 6.19. The molecule has 0 aromatic heterocycles. The van der Waals surface area contributed by atoms with Gasteiger partial charge in [-0.1, -0.05) is 20.3 Å². The van der Waals surface area contributed by atoms with Gasteiger partial charge in [0.2, 0.25) is 0 Å². The summed E-state index contributed by atoms with van der Waals surface area (Å²) in [5, 5.41) is 0. The van der Waals surface area contributed by atoms with Gasteiger partial charge in [-0.25, -0.2) is 0 Å². The molecule has 2 rings (SSSR count). The van der Waals surface area contributed by atoms with Gasteiger partial charge in [-0.05, 0) is 63.7 Å². The highest BCUT2D eigenvalue weighted by Crippen LogP contribution is 2.27. The van der Waals surface area contributed by atoms with Crippen LogP contribution in [-0.2, 0) is 0 Å². The Labute approximate surface area is 107 Å². The van der Waals surface area contributed by atoms with Crippen molar-refractivity contribution in [2.24, 2.45) is 17.8 Å². The van der Waals surface area contributed by atoms with E-state index >= 15 is 0 Å². The SMILES string of the molecule is CCC1CCN(CC2CCN(C)CC2)CC1C. The van der Waals surface area contributed by atoms with Crippen LogP contribution in [0.5, 0.6) is 0 Å². The normalized spacial score (nSPS) is 34.1. The molecule has 100 valence electrons. The Morgan fingerprint density at radius 1 is 1.06 bits per heavy atom. The molecular formula is C15H30N2. The lowest BCUT2D eigenvalue weighted by Crippen LogP contribution is -2.43. The molecule has 2 fully saturated rings. The highest BCUT2D eigenvalue weighted by molar-refractivity contribution is 4.80. The van der Waals surface area contributed by atoms with E-state index in [1.54, 1.807) is 0 Å². The van der Waals surface area contributed by atoms with Crippen LogP contribution in [0.3, 0.4) is 0 Å². The van der Waals surface area contributed by atoms with E-state index in [-0.39, 0.29) is 0 Å². The molecule has 2 aliphatic heterocycles. The number of rotatable bonds is 3. The van der Waals surface area contributed by atoms with Crippen molar-refractivity contribution in [2.75, 3.05) is 39.8 Å². The van der Waals surface area contributed by atoms with E-state index in [0.717, 1.165) is 17.8 Å². The van der Waals surface area contributed by atoms with Crippen molar-refractivity contribution in [3.05, 3.63) is 0 Å². The predicted molar refractivity (Wildman–Crippen MR) is 74.2 cm³/mol. The molecule has 2 aliphatic rings. The molecule has 0 spiro atoms. The van der Waals surface area contributed by atoms with Crippen molar-refractivity contribution in [2.45, 2.75) is 39.5 Å². The van der Waals surface area contributed by atoms with E-state index in [0.29, 0.717) is 0 Å². The number of likely N-dealkylation sites (tertiary alicyclic amines) is 2. The summed E-state index contributed by atoms with van der Waals surface area (Å²) in [6.45, 7) is 11.5. The van der Waals surface area contributed by atoms with Crippen molar-refractivity contribution in [3.63, 3.8) is 0 Å². The largest absolute Gasteiger partial charge is 0.306 e. The van der Waals surface area contributed by atoms with E-state index in [2.05, 4.69) is 30.7 Å². The zero-order valence-electron chi connectivity index (χ0n) is 12.0. The molecule has 0 aliphatic carbocycles. The van der Waals surface area contributed by atoms with Gasteiger partial charge in [0.1, 0.15) is 0 Å². The summed E-state index contributed by atoms with van der Waals surface area (Å²) >= 11 is 0. The average Bonchev–Trinajstić information content (AvgIpc) is 2.32. The summed E-state index contributed by atoms with van der Waals surface area (Å²) in [4.78, 5) is 5.22. The van der Waals surface area contributed by atoms with Crippen LogP contribution in [0.25, 0.3) is 0 Å². The maximum Gasteiger partial charge on any atom is 0.00107 e. The minimum absolute atomic E-state index is 0.917. The Morgan fingerprint density at radius 3 is 2.35 bits per heavy atom. The van der Waals surface area contributed by atoms with Crippen LogP contribution in [0.15, 0.2) is 0 Å². The Morgan fingerprint density at radius 2 is 1.76 bits per heavy atom. The molecule has 17 heavy (non-hydrogen) atoms. The van der Waals surface area contributed by atoms with Crippen LogP contribution >= 0.6 is 0 Å². The van der Waals surface area contributed by atoms with Gasteiger partial charge in [0.05, 0.1) is 0 Å². The number of piperidine rings is 2. The van der Waals surface area contributed by atoms with Crippen LogP contribution in [-0.4, -0.2) is 49.6 Å². The van der Waals surface area contributed by atoms with E-state index in [1.807, 2.05) is 0 Å². The summed E-state index contributed by atoms with van der Waals surface area (Å²) in [6, 6.07) is 0. The fourth-order valence-corrected chi connectivity index (χ4v) is 3.66. The molecular weight excluding hydrogens is 208 g/mol. The second-order valence-corrected chi connectivity index (χ2v) is 6.44. The first-order valence-electron chi connectivity index (χ1n) is 7.60. The highest BCUT2D eigenvalue weighted by atomic mass is 15.1. The molecule has 0 saturated carbocycles. The molecule has 0 amide bonds. The smallest absolute Gasteiger partial charge is 0.00107 e. The van der Waals surface area contributed by atoms with Crippen LogP contribution in [0.1, 0.15) is 39.5 Å². The monoisotopic (exact) mass is 238 g/mol. The Kier molecular flexibility index (Phi) is 4.87. The Bertz CT molecular complexity index is 221. The minimum Gasteiger partial charge on any atom is -0.306 e. The summed E-state index contributed by atoms with van der Waals surface area (Å²) < 4.78 is 0. The standard InChI is InChI=1S/C15H30N2/c1-4-15-7-10-17(11-13(15)2)12-14-5-8-16(3)9-6-14/h13-15H,4-12H2,1-3H3. The lowest BCUT2D eigenvalue weighted by atomic mass is 9.84. The average molecular weight is 238 g/mol. The summed E-state index contributed by atoms with van der Waals surface area (Å²) in [5.41, 5.74) is 0. The van der Waals surface area contributed by atoms with Crippen molar-refractivity contribution in [1.29, 1.82) is 0 Å². The van der Waals surface area contributed by atoms with Gasteiger partial charge in [-0.3, -0.25) is 0 Å². The Balaban J connectivity index is 1.73. The van der Waals surface area contributed by atoms with Crippen molar-refractivity contribution < 1.29 is 0 Å². The van der Waals surface area contributed by atoms with Crippen LogP contribution in [0, 0.1) is 17.8 Å². The molecule has 2 saturated heterocycles. The third kappa shape index (κ3) is 3.69. The highest BCUT2D eigenvalue weighted by Gasteiger charge is 2.27. The summed E-state index contributed by atoms with van der Waals surface area (Å²) in [6.07, 6.45) is 5.64. The third-order valence-corrected chi connectivity index (χ3v) is 5.05. The fourth-order valence-electron chi connectivity index (χ4n) is 3.66. The van der Waals surface area contributed by atoms with Gasteiger partial charge >= 0.3 is 0 Å². The molecule has 2 nitrogen and oxygen atoms in total. The zero-order chi connectivity index (χ0) is 12.3. The topological polar surface area (TPSA) is 6.48 Å². The maximum atomic E-state index is 2.74. The first-order valence-corrected chi connectivity index (χ1v) is 7.60. The summed E-state index contributed by atoms with van der Waals surface area (Å²) in [5.74, 6) is 2.88. The lowest BCUT2D eigenvalue weighted by Gasteiger charge is -2.39. The third-order valence-electron chi connectivity index (χ3n) is 5.05.